The quantitative estimate of drug-likeness (QED) is 0.184. The van der Waals surface area contributed by atoms with Crippen molar-refractivity contribution in [2.45, 2.75) is 13.8 Å². The average molecular weight is 621 g/mol. The first-order chi connectivity index (χ1) is 23.6. The second-order valence-electron chi connectivity index (χ2n) is 12.5. The number of hydrogen-bond acceptors (Lipinski definition) is 5. The lowest BCUT2D eigenvalue weighted by Crippen LogP contribution is -2.51. The number of pyridine rings is 1. The van der Waals surface area contributed by atoms with Crippen LogP contribution in [-0.2, 0) is 0 Å². The lowest BCUT2D eigenvalue weighted by atomic mass is 9.82. The lowest BCUT2D eigenvalue weighted by molar-refractivity contribution is 0.483. The van der Waals surface area contributed by atoms with Gasteiger partial charge < -0.3 is 18.8 Å². The first kappa shape index (κ1) is 26.9. The second kappa shape index (κ2) is 10.1. The number of rotatable bonds is 4. The molecule has 5 aromatic carbocycles. The fourth-order valence-corrected chi connectivity index (χ4v) is 7.40. The molecular formula is C40H29BN6O. The van der Waals surface area contributed by atoms with E-state index < -0.39 is 0 Å². The maximum absolute atomic E-state index is 6.65. The highest BCUT2D eigenvalue weighted by Crippen LogP contribution is 2.52. The monoisotopic (exact) mass is 620 g/mol. The van der Waals surface area contributed by atoms with Crippen LogP contribution in [0.4, 0.5) is 22.7 Å². The van der Waals surface area contributed by atoms with Gasteiger partial charge in [-0.1, -0.05) is 48.5 Å². The summed E-state index contributed by atoms with van der Waals surface area (Å²) >= 11 is 0. The Hall–Kier alpha value is -6.28. The molecule has 0 fully saturated rings. The predicted octanol–water partition coefficient (Wildman–Crippen LogP) is 9.59. The van der Waals surface area contributed by atoms with Gasteiger partial charge in [0.15, 0.2) is 0 Å². The van der Waals surface area contributed by atoms with Crippen LogP contribution in [0.1, 0.15) is 11.1 Å². The van der Waals surface area contributed by atoms with E-state index in [1.165, 1.54) is 16.5 Å². The molecule has 0 N–H and O–H groups in total. The molecule has 0 atom stereocenters. The van der Waals surface area contributed by atoms with Crippen molar-refractivity contribution in [3.8, 4) is 28.7 Å². The van der Waals surface area contributed by atoms with Gasteiger partial charge in [-0.2, -0.15) is 0 Å². The first-order valence-corrected chi connectivity index (χ1v) is 16.2. The maximum Gasteiger partial charge on any atom is 0.519 e. The Morgan fingerprint density at radius 3 is 2.19 bits per heavy atom. The van der Waals surface area contributed by atoms with E-state index >= 15 is 0 Å². The van der Waals surface area contributed by atoms with Crippen LogP contribution < -0.4 is 14.4 Å². The van der Waals surface area contributed by atoms with Gasteiger partial charge in [-0.15, -0.1) is 0 Å². The van der Waals surface area contributed by atoms with Gasteiger partial charge in [-0.25, -0.2) is 9.97 Å². The molecule has 8 aromatic rings. The van der Waals surface area contributed by atoms with Gasteiger partial charge in [0.25, 0.3) is 0 Å². The van der Waals surface area contributed by atoms with E-state index in [2.05, 4.69) is 160 Å². The molecule has 0 saturated carbocycles. The molecule has 0 spiro atoms. The Morgan fingerprint density at radius 1 is 0.604 bits per heavy atom. The molecule has 7 nitrogen and oxygen atoms in total. The van der Waals surface area contributed by atoms with Crippen molar-refractivity contribution in [2.24, 2.45) is 0 Å². The van der Waals surface area contributed by atoms with Crippen LogP contribution in [-0.4, -0.2) is 26.1 Å². The van der Waals surface area contributed by atoms with Crippen LogP contribution in [0.15, 0.2) is 140 Å². The Morgan fingerprint density at radius 2 is 1.33 bits per heavy atom. The standard InChI is InChI=1S/C40H29BN6O/c1-26-22-39(43-25-27(26)2)45-34-13-7-6-12-31(34)32-18-16-30(24-38(32)45)48-29-17-19-35-33(23-29)40-42-20-21-44(40)41-46(28-10-4-3-5-11-28)36-14-8-9-15-37(36)47(35)41/h3-25H,1-2H3. The summed E-state index contributed by atoms with van der Waals surface area (Å²) in [6, 6.07) is 42.5. The highest BCUT2D eigenvalue weighted by Gasteiger charge is 2.49. The number of para-hydroxylation sites is 4. The minimum absolute atomic E-state index is 0.120. The summed E-state index contributed by atoms with van der Waals surface area (Å²) in [5.41, 5.74) is 10.1. The third-order valence-corrected chi connectivity index (χ3v) is 9.75. The molecule has 48 heavy (non-hydrogen) atoms. The lowest BCUT2D eigenvalue weighted by Gasteiger charge is -2.35. The third-order valence-electron chi connectivity index (χ3n) is 9.75. The van der Waals surface area contributed by atoms with Gasteiger partial charge >= 0.3 is 7.12 Å². The number of aromatic nitrogens is 4. The number of imidazole rings is 1. The number of nitrogens with zero attached hydrogens (tertiary/aromatic N) is 6. The highest BCUT2D eigenvalue weighted by atomic mass is 16.5. The minimum Gasteiger partial charge on any atom is -0.457 e. The fraction of sp³-hybridized carbons (Fsp3) is 0.0500. The number of hydrogen-bond donors (Lipinski definition) is 0. The van der Waals surface area contributed by atoms with Crippen LogP contribution in [0.2, 0.25) is 0 Å². The van der Waals surface area contributed by atoms with Crippen molar-refractivity contribution < 1.29 is 4.74 Å². The van der Waals surface area contributed by atoms with Crippen LogP contribution in [0.3, 0.4) is 0 Å². The third kappa shape index (κ3) is 3.83. The van der Waals surface area contributed by atoms with E-state index in [-0.39, 0.29) is 7.12 Å². The van der Waals surface area contributed by atoms with E-state index in [1.54, 1.807) is 0 Å². The van der Waals surface area contributed by atoms with Crippen molar-refractivity contribution in [3.05, 3.63) is 151 Å². The van der Waals surface area contributed by atoms with Gasteiger partial charge in [0.05, 0.1) is 22.4 Å². The van der Waals surface area contributed by atoms with Gasteiger partial charge in [0, 0.05) is 52.4 Å². The zero-order chi connectivity index (χ0) is 31.9. The number of anilines is 4. The van der Waals surface area contributed by atoms with Gasteiger partial charge in [0.2, 0.25) is 0 Å². The zero-order valence-corrected chi connectivity index (χ0v) is 26.4. The topological polar surface area (TPSA) is 51.4 Å². The van der Waals surface area contributed by atoms with Crippen LogP contribution >= 0.6 is 0 Å². The molecule has 0 saturated heterocycles. The molecule has 10 rings (SSSR count). The Balaban J connectivity index is 1.08. The van der Waals surface area contributed by atoms with Crippen LogP contribution in [0.25, 0.3) is 39.0 Å². The molecular weight excluding hydrogens is 591 g/mol. The molecule has 2 aliphatic rings. The zero-order valence-electron chi connectivity index (χ0n) is 26.4. The highest BCUT2D eigenvalue weighted by molar-refractivity contribution is 6.73. The predicted molar refractivity (Wildman–Crippen MR) is 194 cm³/mol. The van der Waals surface area contributed by atoms with E-state index in [0.717, 1.165) is 67.9 Å². The molecule has 0 aliphatic carbocycles. The number of aryl methyl sites for hydroxylation is 2. The molecule has 8 heteroatoms. The van der Waals surface area contributed by atoms with Crippen LogP contribution in [0, 0.1) is 13.8 Å². The summed E-state index contributed by atoms with van der Waals surface area (Å²) in [7, 11) is -0.120. The molecule has 0 radical (unpaired) electrons. The normalized spacial score (nSPS) is 13.1. The minimum atomic E-state index is -0.120. The second-order valence-corrected chi connectivity index (χ2v) is 12.5. The van der Waals surface area contributed by atoms with E-state index in [1.807, 2.05) is 12.4 Å². The first-order valence-electron chi connectivity index (χ1n) is 16.2. The number of ether oxygens (including phenoxy) is 1. The summed E-state index contributed by atoms with van der Waals surface area (Å²) in [6.07, 6.45) is 5.90. The molecule has 2 aliphatic heterocycles. The SMILES string of the molecule is Cc1cnc(-n2c3ccccc3c3ccc(Oc4ccc5c(c4)-c4nccn4B4N(c6ccccc6)c6ccccc6N45)cc32)cc1C. The molecule has 5 heterocycles. The number of benzene rings is 5. The Bertz CT molecular complexity index is 2560. The molecule has 0 unspecified atom stereocenters. The summed E-state index contributed by atoms with van der Waals surface area (Å²) in [6.45, 7) is 4.23. The van der Waals surface area contributed by atoms with Crippen molar-refractivity contribution >= 4 is 51.7 Å². The fourth-order valence-electron chi connectivity index (χ4n) is 7.40. The summed E-state index contributed by atoms with van der Waals surface area (Å²) < 4.78 is 11.1. The summed E-state index contributed by atoms with van der Waals surface area (Å²) in [5, 5.41) is 2.34. The number of fused-ring (bicyclic) bond motifs is 11. The average Bonchev–Trinajstić information content (AvgIpc) is 3.83. The van der Waals surface area contributed by atoms with Gasteiger partial charge in [-0.3, -0.25) is 4.57 Å². The van der Waals surface area contributed by atoms with Gasteiger partial charge in [-0.05, 0) is 91.7 Å². The van der Waals surface area contributed by atoms with E-state index in [4.69, 9.17) is 14.7 Å². The molecule has 0 bridgehead atoms. The van der Waals surface area contributed by atoms with Crippen molar-refractivity contribution in [2.75, 3.05) is 9.62 Å². The van der Waals surface area contributed by atoms with Crippen LogP contribution in [0.5, 0.6) is 11.5 Å². The van der Waals surface area contributed by atoms with Gasteiger partial charge in [0.1, 0.15) is 23.1 Å². The summed E-state index contributed by atoms with van der Waals surface area (Å²) in [4.78, 5) is 14.5. The van der Waals surface area contributed by atoms with Crippen molar-refractivity contribution in [1.82, 2.24) is 19.0 Å². The Labute approximate surface area is 278 Å². The largest absolute Gasteiger partial charge is 0.519 e. The molecule has 3 aromatic heterocycles. The smallest absolute Gasteiger partial charge is 0.457 e. The Kier molecular flexibility index (Phi) is 5.67. The van der Waals surface area contributed by atoms with E-state index in [9.17, 15) is 0 Å². The molecule has 228 valence electrons. The summed E-state index contributed by atoms with van der Waals surface area (Å²) in [5.74, 6) is 3.31. The van der Waals surface area contributed by atoms with E-state index in [0.29, 0.717) is 0 Å². The molecule has 0 amide bonds. The van der Waals surface area contributed by atoms with Crippen molar-refractivity contribution in [1.29, 1.82) is 0 Å². The maximum atomic E-state index is 6.65. The van der Waals surface area contributed by atoms with Crippen molar-refractivity contribution in [3.63, 3.8) is 0 Å².